The van der Waals surface area contributed by atoms with Crippen LogP contribution in [0.5, 0.6) is 0 Å². The van der Waals surface area contributed by atoms with Crippen LogP contribution in [0.25, 0.3) is 104 Å². The molecule has 10 aromatic carbocycles. The van der Waals surface area contributed by atoms with Crippen LogP contribution in [0.4, 0.5) is 0 Å². The molecule has 13 aromatic rings. The zero-order valence-electron chi connectivity index (χ0n) is 39.1. The van der Waals surface area contributed by atoms with Crippen LogP contribution in [0.15, 0.2) is 225 Å². The lowest BCUT2D eigenvalue weighted by molar-refractivity contribution is 0.665. The summed E-state index contributed by atoms with van der Waals surface area (Å²) >= 11 is 0. The fourth-order valence-corrected chi connectivity index (χ4v) is 12.1. The van der Waals surface area contributed by atoms with Gasteiger partial charge in [0.15, 0.2) is 0 Å². The molecule has 0 fully saturated rings. The lowest BCUT2D eigenvalue weighted by Crippen LogP contribution is -2.20. The molecule has 15 rings (SSSR count). The number of aryl methyl sites for hydroxylation is 1. The Bertz CT molecular complexity index is 4430. The van der Waals surface area contributed by atoms with E-state index in [1.54, 1.807) is 0 Å². The van der Waals surface area contributed by atoms with Gasteiger partial charge in [-0.3, -0.25) is 4.57 Å². The maximum atomic E-state index is 6.95. The summed E-state index contributed by atoms with van der Waals surface area (Å²) in [5.41, 5.74) is 16.2. The first-order valence-electron chi connectivity index (χ1n) is 24.9. The maximum absolute atomic E-state index is 6.95. The second-order valence-corrected chi connectivity index (χ2v) is 19.6. The molecule has 2 unspecified atom stereocenters. The van der Waals surface area contributed by atoms with E-state index in [4.69, 9.17) is 18.8 Å². The number of para-hydroxylation sites is 4. The van der Waals surface area contributed by atoms with E-state index in [0.717, 1.165) is 107 Å². The summed E-state index contributed by atoms with van der Waals surface area (Å²) in [6.45, 7) is 2.32. The minimum atomic E-state index is -0.00348. The molecular weight excluding hydrogens is 867 g/mol. The number of aliphatic imine (C=N–C) groups is 2. The average Bonchev–Trinajstić information content (AvgIpc) is 4.05. The summed E-state index contributed by atoms with van der Waals surface area (Å²) in [4.78, 5) is 11.6. The number of furan rings is 2. The number of hydrogen-bond donors (Lipinski definition) is 0. The number of aromatic nitrogens is 1. The van der Waals surface area contributed by atoms with E-state index < -0.39 is 0 Å². The molecule has 2 atom stereocenters. The first-order chi connectivity index (χ1) is 35.1. The Morgan fingerprint density at radius 1 is 0.493 bits per heavy atom. The third kappa shape index (κ3) is 6.25. The Hall–Kier alpha value is -8.80. The zero-order valence-corrected chi connectivity index (χ0v) is 39.1. The van der Waals surface area contributed by atoms with Gasteiger partial charge >= 0.3 is 0 Å². The predicted molar refractivity (Wildman–Crippen MR) is 295 cm³/mol. The van der Waals surface area contributed by atoms with Crippen molar-refractivity contribution in [1.82, 2.24) is 4.57 Å². The van der Waals surface area contributed by atoms with Crippen LogP contribution in [-0.2, 0) is 6.42 Å². The van der Waals surface area contributed by atoms with Gasteiger partial charge in [-0.25, -0.2) is 9.98 Å². The third-order valence-corrected chi connectivity index (χ3v) is 15.5. The van der Waals surface area contributed by atoms with Crippen molar-refractivity contribution in [2.75, 3.05) is 0 Å². The summed E-state index contributed by atoms with van der Waals surface area (Å²) in [5.74, 6) is 0.695. The minimum Gasteiger partial charge on any atom is -0.456 e. The zero-order chi connectivity index (χ0) is 46.7. The summed E-state index contributed by atoms with van der Waals surface area (Å²) in [5, 5.41) is 11.7. The van der Waals surface area contributed by atoms with Crippen molar-refractivity contribution in [2.24, 2.45) is 15.9 Å². The highest BCUT2D eigenvalue weighted by molar-refractivity contribution is 6.23. The quantitative estimate of drug-likeness (QED) is 0.177. The van der Waals surface area contributed by atoms with Gasteiger partial charge < -0.3 is 8.83 Å². The normalized spacial score (nSPS) is 17.1. The highest BCUT2D eigenvalue weighted by Crippen LogP contribution is 2.48. The second-order valence-electron chi connectivity index (χ2n) is 19.6. The van der Waals surface area contributed by atoms with E-state index in [-0.39, 0.29) is 11.8 Å². The van der Waals surface area contributed by atoms with E-state index in [9.17, 15) is 0 Å². The van der Waals surface area contributed by atoms with Crippen LogP contribution in [0.2, 0.25) is 0 Å². The van der Waals surface area contributed by atoms with E-state index in [1.807, 2.05) is 12.1 Å². The van der Waals surface area contributed by atoms with Crippen LogP contribution < -0.4 is 0 Å². The molecule has 0 N–H and O–H groups in total. The smallest absolute Gasteiger partial charge is 0.235 e. The lowest BCUT2D eigenvalue weighted by Gasteiger charge is -2.23. The Morgan fingerprint density at radius 3 is 1.92 bits per heavy atom. The van der Waals surface area contributed by atoms with Crippen molar-refractivity contribution in [3.63, 3.8) is 0 Å². The lowest BCUT2D eigenvalue weighted by atomic mass is 9.81. The van der Waals surface area contributed by atoms with Crippen LogP contribution in [0.3, 0.4) is 0 Å². The largest absolute Gasteiger partial charge is 0.456 e. The molecule has 336 valence electrons. The molecule has 0 bridgehead atoms. The number of fused-ring (bicyclic) bond motifs is 15. The van der Waals surface area contributed by atoms with Crippen molar-refractivity contribution in [1.29, 1.82) is 0 Å². The number of rotatable bonds is 3. The van der Waals surface area contributed by atoms with E-state index in [1.165, 1.54) is 49.4 Å². The molecule has 0 amide bonds. The standard InChI is InChI=1S/C66H45N3O2/c1-39-26-32-56(44-29-33-61-54(36-44)50-20-8-12-24-59(50)70-61)67-66(69-57-22-10-6-18-48(57)49-19-7-11-23-58(49)69)68-65(39)55-37-45(38-62-64(55)52-21-9-13-25-60(52)71-62)46-30-28-43-34-41-15-2-3-16-42(41)35-53(43)63-47-17-5-4-14-40(47)27-31-51(46)63/h2-25,27,29,31-39,46H,26,28,30H2,1H3/b56-32+,67-66?,68-65?. The van der Waals surface area contributed by atoms with Crippen LogP contribution in [0.1, 0.15) is 53.5 Å². The molecule has 0 spiro atoms. The van der Waals surface area contributed by atoms with Gasteiger partial charge in [0.25, 0.3) is 0 Å². The van der Waals surface area contributed by atoms with Gasteiger partial charge in [0.2, 0.25) is 5.96 Å². The topological polar surface area (TPSA) is 55.9 Å². The van der Waals surface area contributed by atoms with Crippen molar-refractivity contribution in [2.45, 2.75) is 32.1 Å². The third-order valence-electron chi connectivity index (χ3n) is 15.5. The van der Waals surface area contributed by atoms with Gasteiger partial charge in [-0.2, -0.15) is 0 Å². The molecular formula is C66H45N3O2. The van der Waals surface area contributed by atoms with Gasteiger partial charge in [-0.05, 0) is 129 Å². The van der Waals surface area contributed by atoms with Crippen molar-refractivity contribution >= 4 is 105 Å². The highest BCUT2D eigenvalue weighted by Gasteiger charge is 2.30. The fourth-order valence-electron chi connectivity index (χ4n) is 12.1. The second kappa shape index (κ2) is 15.6. The monoisotopic (exact) mass is 911 g/mol. The Morgan fingerprint density at radius 2 is 1.13 bits per heavy atom. The maximum Gasteiger partial charge on any atom is 0.235 e. The Labute approximate surface area is 409 Å². The predicted octanol–water partition coefficient (Wildman–Crippen LogP) is 17.4. The van der Waals surface area contributed by atoms with Gasteiger partial charge in [0.05, 0.1) is 22.4 Å². The van der Waals surface area contributed by atoms with E-state index >= 15 is 0 Å². The number of nitrogens with zero attached hydrogens (tertiary/aromatic N) is 3. The average molecular weight is 912 g/mol. The Balaban J connectivity index is 0.984. The van der Waals surface area contributed by atoms with Gasteiger partial charge in [-0.1, -0.05) is 153 Å². The number of allylic oxidation sites excluding steroid dienone is 1. The van der Waals surface area contributed by atoms with Crippen molar-refractivity contribution in [3.05, 3.63) is 234 Å². The summed E-state index contributed by atoms with van der Waals surface area (Å²) in [7, 11) is 0. The SMILES string of the molecule is CC1C/C=C(\c2ccc3oc4ccccc4c3c2)N=C(n2c3ccccc3c3ccccc32)N=C1c1cc(C2CCc3cc4ccccc4cc3-c3c2ccc2ccccc32)cc2oc3ccccc3c12. The molecule has 1 aliphatic carbocycles. The van der Waals surface area contributed by atoms with E-state index in [2.05, 4.69) is 206 Å². The van der Waals surface area contributed by atoms with E-state index in [0.29, 0.717) is 5.96 Å². The van der Waals surface area contributed by atoms with Gasteiger partial charge in [0, 0.05) is 55.3 Å². The van der Waals surface area contributed by atoms with Gasteiger partial charge in [0.1, 0.15) is 22.3 Å². The molecule has 1 aliphatic heterocycles. The number of hydrogen-bond acceptors (Lipinski definition) is 4. The molecule has 2 aliphatic rings. The first-order valence-corrected chi connectivity index (χ1v) is 24.9. The number of benzene rings is 10. The van der Waals surface area contributed by atoms with Crippen LogP contribution in [-0.4, -0.2) is 16.2 Å². The van der Waals surface area contributed by atoms with Crippen molar-refractivity contribution < 1.29 is 8.83 Å². The Kier molecular flexibility index (Phi) is 8.82. The summed E-state index contributed by atoms with van der Waals surface area (Å²) in [6.07, 6.45) is 4.93. The molecule has 5 nitrogen and oxygen atoms in total. The summed E-state index contributed by atoms with van der Waals surface area (Å²) < 4.78 is 15.5. The molecule has 4 heterocycles. The van der Waals surface area contributed by atoms with Crippen LogP contribution >= 0.6 is 0 Å². The fraction of sp³-hybridized carbons (Fsp3) is 0.0909. The highest BCUT2D eigenvalue weighted by atomic mass is 16.3. The molecule has 0 saturated heterocycles. The van der Waals surface area contributed by atoms with Gasteiger partial charge in [-0.15, -0.1) is 0 Å². The van der Waals surface area contributed by atoms with Crippen molar-refractivity contribution in [3.8, 4) is 11.1 Å². The molecule has 0 saturated carbocycles. The molecule has 5 heteroatoms. The molecule has 3 aromatic heterocycles. The molecule has 71 heavy (non-hydrogen) atoms. The van der Waals surface area contributed by atoms with Crippen LogP contribution in [0, 0.1) is 5.92 Å². The first kappa shape index (κ1) is 40.1. The molecule has 0 radical (unpaired) electrons. The minimum absolute atomic E-state index is 0.00348. The summed E-state index contributed by atoms with van der Waals surface area (Å²) in [6, 6.07) is 72.5.